The van der Waals surface area contributed by atoms with E-state index in [1.165, 1.54) is 0 Å². The van der Waals surface area contributed by atoms with Crippen molar-refractivity contribution in [1.29, 1.82) is 0 Å². The van der Waals surface area contributed by atoms with Gasteiger partial charge in [0.15, 0.2) is 11.5 Å². The van der Waals surface area contributed by atoms with Gasteiger partial charge in [0.2, 0.25) is 11.8 Å². The number of amides is 2. The van der Waals surface area contributed by atoms with Gasteiger partial charge in [0.25, 0.3) is 0 Å². The van der Waals surface area contributed by atoms with Crippen molar-refractivity contribution in [3.8, 4) is 11.5 Å². The second-order valence-electron chi connectivity index (χ2n) is 8.14. The second kappa shape index (κ2) is 10.2. The number of benzene rings is 1. The lowest BCUT2D eigenvalue weighted by atomic mass is 9.96. The molecule has 1 aromatic carbocycles. The summed E-state index contributed by atoms with van der Waals surface area (Å²) in [7, 11) is 0. The van der Waals surface area contributed by atoms with Crippen LogP contribution in [0.15, 0.2) is 30.5 Å². The van der Waals surface area contributed by atoms with E-state index >= 15 is 0 Å². The first-order valence-corrected chi connectivity index (χ1v) is 11.2. The van der Waals surface area contributed by atoms with E-state index < -0.39 is 0 Å². The Morgan fingerprint density at radius 2 is 1.84 bits per heavy atom. The zero-order chi connectivity index (χ0) is 22.5. The van der Waals surface area contributed by atoms with Gasteiger partial charge in [-0.05, 0) is 44.5 Å². The van der Waals surface area contributed by atoms with Crippen LogP contribution in [0.3, 0.4) is 0 Å². The van der Waals surface area contributed by atoms with Crippen molar-refractivity contribution in [2.75, 3.05) is 43.5 Å². The van der Waals surface area contributed by atoms with Crippen LogP contribution in [-0.4, -0.2) is 54.5 Å². The Morgan fingerprint density at radius 3 is 2.53 bits per heavy atom. The Kier molecular flexibility index (Phi) is 7.12. The van der Waals surface area contributed by atoms with Gasteiger partial charge in [-0.25, -0.2) is 4.98 Å². The van der Waals surface area contributed by atoms with Crippen LogP contribution in [0.2, 0.25) is 5.02 Å². The van der Waals surface area contributed by atoms with Crippen molar-refractivity contribution in [1.82, 2.24) is 9.88 Å². The van der Waals surface area contributed by atoms with Gasteiger partial charge in [-0.2, -0.15) is 0 Å². The van der Waals surface area contributed by atoms with E-state index in [9.17, 15) is 9.59 Å². The first-order chi connectivity index (χ1) is 15.5. The quantitative estimate of drug-likeness (QED) is 0.712. The molecule has 2 aliphatic heterocycles. The van der Waals surface area contributed by atoms with Gasteiger partial charge in [0, 0.05) is 30.7 Å². The predicted octanol–water partition coefficient (Wildman–Crippen LogP) is 3.49. The van der Waals surface area contributed by atoms with E-state index in [1.807, 2.05) is 17.9 Å². The molecular weight excluding hydrogens is 432 g/mol. The van der Waals surface area contributed by atoms with Gasteiger partial charge >= 0.3 is 0 Å². The van der Waals surface area contributed by atoms with Crippen LogP contribution in [0.25, 0.3) is 0 Å². The highest BCUT2D eigenvalue weighted by molar-refractivity contribution is 6.34. The molecule has 1 fully saturated rings. The summed E-state index contributed by atoms with van der Waals surface area (Å²) >= 11 is 6.32. The molecule has 170 valence electrons. The van der Waals surface area contributed by atoms with Crippen molar-refractivity contribution >= 4 is 34.9 Å². The molecule has 9 heteroatoms. The monoisotopic (exact) mass is 458 g/mol. The van der Waals surface area contributed by atoms with E-state index in [0.717, 1.165) is 12.0 Å². The average Bonchev–Trinajstić information content (AvgIpc) is 3.01. The Bertz CT molecular complexity index is 975. The molecule has 3 heterocycles. The highest BCUT2D eigenvalue weighted by Crippen LogP contribution is 2.37. The number of carbonyl (C=O) groups excluding carboxylic acids is 2. The summed E-state index contributed by atoms with van der Waals surface area (Å²) in [5.41, 5.74) is 1.54. The fourth-order valence-electron chi connectivity index (χ4n) is 3.80. The highest BCUT2D eigenvalue weighted by atomic mass is 35.5. The minimum absolute atomic E-state index is 0.0237. The summed E-state index contributed by atoms with van der Waals surface area (Å²) in [6.07, 6.45) is 3.90. The zero-order valence-corrected chi connectivity index (χ0v) is 18.8. The lowest BCUT2D eigenvalue weighted by Gasteiger charge is -2.30. The molecule has 0 saturated carbocycles. The number of ether oxygens (including phenoxy) is 2. The fourth-order valence-corrected chi connectivity index (χ4v) is 4.00. The number of halogens is 1. The van der Waals surface area contributed by atoms with Gasteiger partial charge in [0.05, 0.1) is 30.5 Å². The Balaban J connectivity index is 1.26. The number of rotatable bonds is 5. The van der Waals surface area contributed by atoms with Gasteiger partial charge in [-0.1, -0.05) is 17.7 Å². The number of anilines is 2. The molecule has 1 aromatic heterocycles. The number of fused-ring (bicyclic) bond motifs is 1. The molecule has 0 aliphatic carbocycles. The second-order valence-corrected chi connectivity index (χ2v) is 8.55. The van der Waals surface area contributed by atoms with Gasteiger partial charge in [-0.15, -0.1) is 0 Å². The topological polar surface area (TPSA) is 92.8 Å². The molecular formula is C23H27ClN4O4. The summed E-state index contributed by atoms with van der Waals surface area (Å²) in [4.78, 5) is 31.4. The summed E-state index contributed by atoms with van der Waals surface area (Å²) in [6.45, 7) is 4.66. The molecule has 2 aliphatic rings. The minimum Gasteiger partial charge on any atom is -0.490 e. The first-order valence-electron chi connectivity index (χ1n) is 10.8. The molecule has 2 aromatic rings. The van der Waals surface area contributed by atoms with Crippen LogP contribution in [-0.2, 0) is 9.59 Å². The maximum atomic E-state index is 12.6. The summed E-state index contributed by atoms with van der Waals surface area (Å²) in [5, 5.41) is 6.15. The van der Waals surface area contributed by atoms with Gasteiger partial charge in [-0.3, -0.25) is 14.5 Å². The number of pyridine rings is 1. The molecule has 4 rings (SSSR count). The summed E-state index contributed by atoms with van der Waals surface area (Å²) in [5.74, 6) is 1.46. The van der Waals surface area contributed by atoms with Gasteiger partial charge in [0.1, 0.15) is 5.82 Å². The smallest absolute Gasteiger partial charge is 0.238 e. The van der Waals surface area contributed by atoms with Gasteiger partial charge < -0.3 is 20.1 Å². The zero-order valence-electron chi connectivity index (χ0n) is 18.0. The molecule has 32 heavy (non-hydrogen) atoms. The van der Waals surface area contributed by atoms with E-state index in [-0.39, 0.29) is 24.3 Å². The molecule has 0 unspecified atom stereocenters. The Labute approximate surface area is 192 Å². The van der Waals surface area contributed by atoms with Crippen LogP contribution in [0, 0.1) is 12.8 Å². The number of likely N-dealkylation sites (tertiary alicyclic amines) is 1. The number of nitrogens with zero attached hydrogens (tertiary/aromatic N) is 2. The van der Waals surface area contributed by atoms with Crippen LogP contribution >= 0.6 is 11.6 Å². The van der Waals surface area contributed by atoms with Crippen molar-refractivity contribution in [2.24, 2.45) is 5.92 Å². The molecule has 2 N–H and O–H groups in total. The molecule has 0 radical (unpaired) electrons. The number of piperidine rings is 1. The fraction of sp³-hybridized carbons (Fsp3) is 0.435. The summed E-state index contributed by atoms with van der Waals surface area (Å²) < 4.78 is 11.3. The van der Waals surface area contributed by atoms with Crippen molar-refractivity contribution in [3.63, 3.8) is 0 Å². The Morgan fingerprint density at radius 1 is 1.12 bits per heavy atom. The largest absolute Gasteiger partial charge is 0.490 e. The van der Waals surface area contributed by atoms with Crippen LogP contribution in [0.4, 0.5) is 11.5 Å². The maximum absolute atomic E-state index is 12.6. The lowest BCUT2D eigenvalue weighted by Crippen LogP contribution is -2.41. The molecule has 0 atom stereocenters. The number of nitrogens with one attached hydrogen (secondary N) is 2. The van der Waals surface area contributed by atoms with Crippen LogP contribution in [0.1, 0.15) is 24.8 Å². The van der Waals surface area contributed by atoms with Crippen LogP contribution < -0.4 is 20.1 Å². The van der Waals surface area contributed by atoms with Crippen molar-refractivity contribution in [2.45, 2.75) is 26.2 Å². The van der Waals surface area contributed by atoms with E-state index in [2.05, 4.69) is 15.6 Å². The number of aryl methyl sites for hydroxylation is 1. The third-order valence-electron chi connectivity index (χ3n) is 5.60. The average molecular weight is 459 g/mol. The number of aromatic nitrogens is 1. The normalized spacial score (nSPS) is 16.8. The maximum Gasteiger partial charge on any atom is 0.238 e. The summed E-state index contributed by atoms with van der Waals surface area (Å²) in [6, 6.07) is 7.10. The van der Waals surface area contributed by atoms with E-state index in [0.29, 0.717) is 67.2 Å². The minimum atomic E-state index is -0.159. The molecule has 1 saturated heterocycles. The lowest BCUT2D eigenvalue weighted by molar-refractivity contribution is -0.121. The van der Waals surface area contributed by atoms with Crippen molar-refractivity contribution < 1.29 is 19.1 Å². The third-order valence-corrected chi connectivity index (χ3v) is 5.91. The Hall–Kier alpha value is -2.84. The number of hydrogen-bond acceptors (Lipinski definition) is 6. The van der Waals surface area contributed by atoms with Crippen molar-refractivity contribution in [3.05, 3.63) is 41.0 Å². The standard InChI is InChI=1S/C23H27ClN4O4/c1-15-3-4-21(25-13-15)27-23(30)16-5-7-28(8-6-16)14-22(29)26-18-12-20-19(11-17(18)24)31-9-2-10-32-20/h3-4,11-13,16H,2,5-10,14H2,1H3,(H,26,29)(H,25,27,30). The molecule has 0 bridgehead atoms. The first kappa shape index (κ1) is 22.4. The molecule has 8 nitrogen and oxygen atoms in total. The molecule has 2 amide bonds. The van der Waals surface area contributed by atoms with E-state index in [4.69, 9.17) is 21.1 Å². The number of carbonyl (C=O) groups is 2. The SMILES string of the molecule is Cc1ccc(NC(=O)C2CCN(CC(=O)Nc3cc4c(cc3Cl)OCCCO4)CC2)nc1. The van der Waals surface area contributed by atoms with Crippen LogP contribution in [0.5, 0.6) is 11.5 Å². The third kappa shape index (κ3) is 5.69. The predicted molar refractivity (Wildman–Crippen MR) is 122 cm³/mol. The molecule has 0 spiro atoms. The number of hydrogen-bond donors (Lipinski definition) is 2. The highest BCUT2D eigenvalue weighted by Gasteiger charge is 2.26. The van der Waals surface area contributed by atoms with E-state index in [1.54, 1.807) is 24.4 Å².